The molecule has 0 aromatic carbocycles. The molecule has 1 fully saturated rings. The summed E-state index contributed by atoms with van der Waals surface area (Å²) in [6.45, 7) is 3.09. The molecule has 3 rings (SSSR count). The zero-order chi connectivity index (χ0) is 17.3. The molecule has 1 aliphatic heterocycles. The number of aryl methyl sites for hydroxylation is 1. The van der Waals surface area contributed by atoms with Crippen molar-refractivity contribution in [3.63, 3.8) is 0 Å². The number of hydrogen-bond donors (Lipinski definition) is 0. The molecule has 2 aromatic rings. The Labute approximate surface area is 140 Å². The van der Waals surface area contributed by atoms with E-state index in [2.05, 4.69) is 15.0 Å². The number of hydrogen-bond acceptors (Lipinski definition) is 5. The lowest BCUT2D eigenvalue weighted by Crippen LogP contribution is -2.38. The standard InChI is InChI=1S/C15H15F3N4OS/c1-9-6-19-12(24-9)10-2-4-22(5-3-10)13(23)11-7-20-14(21-8-11)15(16,17)18/h6-8,10H,2-5H2,1H3. The van der Waals surface area contributed by atoms with Gasteiger partial charge in [-0.1, -0.05) is 0 Å². The van der Waals surface area contributed by atoms with Gasteiger partial charge in [0.05, 0.1) is 10.6 Å². The van der Waals surface area contributed by atoms with Crippen LogP contribution in [-0.2, 0) is 6.18 Å². The van der Waals surface area contributed by atoms with Gasteiger partial charge in [-0.05, 0) is 19.8 Å². The van der Waals surface area contributed by atoms with Crippen LogP contribution in [0.3, 0.4) is 0 Å². The summed E-state index contributed by atoms with van der Waals surface area (Å²) in [6, 6.07) is 0. The molecule has 0 saturated carbocycles. The van der Waals surface area contributed by atoms with Gasteiger partial charge in [0, 0.05) is 42.5 Å². The number of carbonyl (C=O) groups is 1. The van der Waals surface area contributed by atoms with Gasteiger partial charge in [0.2, 0.25) is 5.82 Å². The molecule has 0 spiro atoms. The van der Waals surface area contributed by atoms with Crippen LogP contribution in [0.5, 0.6) is 0 Å². The number of likely N-dealkylation sites (tertiary alicyclic amines) is 1. The number of piperidine rings is 1. The summed E-state index contributed by atoms with van der Waals surface area (Å²) in [5.41, 5.74) is 0.0755. The van der Waals surface area contributed by atoms with Crippen LogP contribution in [0.4, 0.5) is 13.2 Å². The number of rotatable bonds is 2. The Morgan fingerprint density at radius 2 is 1.79 bits per heavy atom. The van der Waals surface area contributed by atoms with Gasteiger partial charge in [-0.25, -0.2) is 15.0 Å². The van der Waals surface area contributed by atoms with Crippen LogP contribution in [0, 0.1) is 6.92 Å². The molecule has 1 aliphatic rings. The van der Waals surface area contributed by atoms with E-state index < -0.39 is 12.0 Å². The van der Waals surface area contributed by atoms with Crippen LogP contribution in [0.25, 0.3) is 0 Å². The number of nitrogens with zero attached hydrogens (tertiary/aromatic N) is 4. The Kier molecular flexibility index (Phi) is 4.53. The lowest BCUT2D eigenvalue weighted by molar-refractivity contribution is -0.145. The van der Waals surface area contributed by atoms with Crippen LogP contribution >= 0.6 is 11.3 Å². The van der Waals surface area contributed by atoms with E-state index in [0.29, 0.717) is 19.0 Å². The molecule has 0 radical (unpaired) electrons. The van der Waals surface area contributed by atoms with Crippen LogP contribution in [0.2, 0.25) is 0 Å². The highest BCUT2D eigenvalue weighted by molar-refractivity contribution is 7.11. The third kappa shape index (κ3) is 3.55. The summed E-state index contributed by atoms with van der Waals surface area (Å²) < 4.78 is 37.4. The van der Waals surface area contributed by atoms with E-state index in [4.69, 9.17) is 0 Å². The van der Waals surface area contributed by atoms with Crippen LogP contribution in [0.15, 0.2) is 18.6 Å². The molecule has 24 heavy (non-hydrogen) atoms. The molecule has 0 N–H and O–H groups in total. The Bertz CT molecular complexity index is 721. The fourth-order valence-corrected chi connectivity index (χ4v) is 3.60. The molecule has 0 aliphatic carbocycles. The fraction of sp³-hybridized carbons (Fsp3) is 0.467. The zero-order valence-electron chi connectivity index (χ0n) is 12.9. The Balaban J connectivity index is 1.63. The molecule has 1 saturated heterocycles. The summed E-state index contributed by atoms with van der Waals surface area (Å²) >= 11 is 1.66. The van der Waals surface area contributed by atoms with Crippen LogP contribution in [-0.4, -0.2) is 38.8 Å². The van der Waals surface area contributed by atoms with Gasteiger partial charge in [-0.3, -0.25) is 4.79 Å². The number of aromatic nitrogens is 3. The van der Waals surface area contributed by atoms with Crippen molar-refractivity contribution in [1.29, 1.82) is 0 Å². The molecular weight excluding hydrogens is 341 g/mol. The minimum absolute atomic E-state index is 0.0755. The number of amides is 1. The van der Waals surface area contributed by atoms with E-state index in [9.17, 15) is 18.0 Å². The third-order valence-electron chi connectivity index (χ3n) is 3.92. The van der Waals surface area contributed by atoms with Gasteiger partial charge >= 0.3 is 6.18 Å². The molecule has 1 amide bonds. The average molecular weight is 356 g/mol. The molecule has 0 bridgehead atoms. The normalized spacial score (nSPS) is 16.4. The molecule has 0 unspecified atom stereocenters. The quantitative estimate of drug-likeness (QED) is 0.829. The fourth-order valence-electron chi connectivity index (χ4n) is 2.66. The minimum Gasteiger partial charge on any atom is -0.339 e. The second kappa shape index (κ2) is 6.46. The van der Waals surface area contributed by atoms with E-state index in [1.54, 1.807) is 16.2 Å². The number of alkyl halides is 3. The highest BCUT2D eigenvalue weighted by atomic mass is 32.1. The lowest BCUT2D eigenvalue weighted by Gasteiger charge is -2.31. The second-order valence-corrected chi connectivity index (χ2v) is 6.94. The average Bonchev–Trinajstić information content (AvgIpc) is 3.00. The smallest absolute Gasteiger partial charge is 0.339 e. The first-order valence-corrected chi connectivity index (χ1v) is 8.27. The van der Waals surface area contributed by atoms with Gasteiger partial charge in [0.1, 0.15) is 0 Å². The van der Waals surface area contributed by atoms with Crippen molar-refractivity contribution >= 4 is 17.2 Å². The maximum Gasteiger partial charge on any atom is 0.451 e. The zero-order valence-corrected chi connectivity index (χ0v) is 13.7. The van der Waals surface area contributed by atoms with Crippen LogP contribution in [0.1, 0.15) is 44.8 Å². The highest BCUT2D eigenvalue weighted by Crippen LogP contribution is 2.31. The second-order valence-electron chi connectivity index (χ2n) is 5.67. The Morgan fingerprint density at radius 1 is 1.17 bits per heavy atom. The van der Waals surface area contributed by atoms with Crippen molar-refractivity contribution in [2.24, 2.45) is 0 Å². The third-order valence-corrected chi connectivity index (χ3v) is 5.00. The summed E-state index contributed by atoms with van der Waals surface area (Å²) in [6.07, 6.45) is 0.700. The van der Waals surface area contributed by atoms with Gasteiger partial charge in [-0.2, -0.15) is 13.2 Å². The molecule has 9 heteroatoms. The number of halogens is 3. The molecule has 128 valence electrons. The molecule has 2 aromatic heterocycles. The van der Waals surface area contributed by atoms with E-state index in [1.165, 1.54) is 0 Å². The van der Waals surface area contributed by atoms with Crippen LogP contribution < -0.4 is 0 Å². The maximum atomic E-state index is 12.5. The van der Waals surface area contributed by atoms with Gasteiger partial charge in [0.15, 0.2) is 0 Å². The van der Waals surface area contributed by atoms with Crippen molar-refractivity contribution in [3.05, 3.63) is 39.9 Å². The number of carbonyl (C=O) groups excluding carboxylic acids is 1. The van der Waals surface area contributed by atoms with Gasteiger partial charge < -0.3 is 4.90 Å². The molecule has 0 atom stereocenters. The van der Waals surface area contributed by atoms with Gasteiger partial charge in [0.25, 0.3) is 5.91 Å². The maximum absolute atomic E-state index is 12.5. The first kappa shape index (κ1) is 16.8. The van der Waals surface area contributed by atoms with E-state index in [0.717, 1.165) is 35.1 Å². The van der Waals surface area contributed by atoms with Crippen molar-refractivity contribution in [3.8, 4) is 0 Å². The first-order chi connectivity index (χ1) is 11.3. The largest absolute Gasteiger partial charge is 0.451 e. The predicted molar refractivity (Wildman–Crippen MR) is 81.8 cm³/mol. The van der Waals surface area contributed by atoms with Crippen molar-refractivity contribution in [2.45, 2.75) is 31.9 Å². The van der Waals surface area contributed by atoms with E-state index in [1.807, 2.05) is 13.1 Å². The predicted octanol–water partition coefficient (Wildman–Crippen LogP) is 3.28. The first-order valence-electron chi connectivity index (χ1n) is 7.45. The SMILES string of the molecule is Cc1cnc(C2CCN(C(=O)c3cnc(C(F)(F)F)nc3)CC2)s1. The van der Waals surface area contributed by atoms with Gasteiger partial charge in [-0.15, -0.1) is 11.3 Å². The number of thiazole rings is 1. The highest BCUT2D eigenvalue weighted by Gasteiger charge is 2.35. The Morgan fingerprint density at radius 3 is 2.29 bits per heavy atom. The monoisotopic (exact) mass is 356 g/mol. The minimum atomic E-state index is -4.61. The van der Waals surface area contributed by atoms with E-state index >= 15 is 0 Å². The summed E-state index contributed by atoms with van der Waals surface area (Å²) in [7, 11) is 0. The molecule has 5 nitrogen and oxygen atoms in total. The molecular formula is C15H15F3N4OS. The Hall–Kier alpha value is -2.03. The summed E-state index contributed by atoms with van der Waals surface area (Å²) in [5.74, 6) is -1.24. The lowest BCUT2D eigenvalue weighted by atomic mass is 9.97. The van der Waals surface area contributed by atoms with Crippen molar-refractivity contribution < 1.29 is 18.0 Å². The van der Waals surface area contributed by atoms with E-state index in [-0.39, 0.29) is 11.5 Å². The van der Waals surface area contributed by atoms with Crippen molar-refractivity contribution in [2.75, 3.05) is 13.1 Å². The summed E-state index contributed by atoms with van der Waals surface area (Å²) in [4.78, 5) is 26.0. The van der Waals surface area contributed by atoms with Crippen molar-refractivity contribution in [1.82, 2.24) is 19.9 Å². The molecule has 3 heterocycles. The topological polar surface area (TPSA) is 59.0 Å². The summed E-state index contributed by atoms with van der Waals surface area (Å²) in [5, 5.41) is 1.08.